The van der Waals surface area contributed by atoms with Crippen LogP contribution in [0.3, 0.4) is 0 Å². The Morgan fingerprint density at radius 1 is 1.45 bits per heavy atom. The monoisotopic (exact) mass is 527 g/mol. The molecule has 2 atom stereocenters. The predicted octanol–water partition coefficient (Wildman–Crippen LogP) is 0.767. The van der Waals surface area contributed by atoms with Crippen molar-refractivity contribution in [2.45, 2.75) is 22.7 Å². The number of carboxylic acid groups (broad SMARTS) is 1. The van der Waals surface area contributed by atoms with Crippen LogP contribution in [0.25, 0.3) is 0 Å². The van der Waals surface area contributed by atoms with Gasteiger partial charge < -0.3 is 21.0 Å². The summed E-state index contributed by atoms with van der Waals surface area (Å²) in [7, 11) is 1.28. The highest BCUT2D eigenvalue weighted by Crippen LogP contribution is 2.41. The molecular weight excluding hydrogens is 510 g/mol. The molecule has 4 heterocycles. The average Bonchev–Trinajstić information content (AvgIpc) is 3.40. The number of carbonyl (C=O) groups is 3. The lowest BCUT2D eigenvalue weighted by atomic mass is 10.0. The maximum absolute atomic E-state index is 12.9. The fourth-order valence-corrected chi connectivity index (χ4v) is 7.03. The number of nitrogens with zero attached hydrogens (tertiary/aromatic N) is 5. The van der Waals surface area contributed by atoms with Crippen molar-refractivity contribution in [2.24, 2.45) is 5.16 Å². The van der Waals surface area contributed by atoms with Crippen LogP contribution >= 0.6 is 46.2 Å². The molecule has 12 nitrogen and oxygen atoms in total. The topological polar surface area (TPSA) is 173 Å². The molecule has 0 radical (unpaired) electrons. The lowest BCUT2D eigenvalue weighted by Crippen LogP contribution is -2.71. The van der Waals surface area contributed by atoms with Crippen LogP contribution in [0.4, 0.5) is 5.13 Å². The highest BCUT2D eigenvalue weighted by Gasteiger charge is 2.54. The van der Waals surface area contributed by atoms with Crippen LogP contribution in [0.15, 0.2) is 26.1 Å². The van der Waals surface area contributed by atoms with E-state index in [4.69, 9.17) is 10.6 Å². The Morgan fingerprint density at radius 3 is 2.85 bits per heavy atom. The second kappa shape index (κ2) is 9.66. The predicted molar refractivity (Wildman–Crippen MR) is 125 cm³/mol. The molecular formula is C17H17N7O5S4. The fourth-order valence-electron chi connectivity index (χ4n) is 3.18. The largest absolute Gasteiger partial charge is 0.477 e. The first-order chi connectivity index (χ1) is 15.8. The molecule has 0 spiro atoms. The molecule has 4 rings (SSSR count). The molecule has 1 saturated heterocycles. The van der Waals surface area contributed by atoms with Gasteiger partial charge in [-0.15, -0.1) is 33.3 Å². The van der Waals surface area contributed by atoms with E-state index in [9.17, 15) is 19.5 Å². The molecule has 2 unspecified atom stereocenters. The Labute approximate surface area is 203 Å². The molecule has 2 aliphatic rings. The first-order valence-corrected chi connectivity index (χ1v) is 13.0. The third-order valence-electron chi connectivity index (χ3n) is 4.58. The maximum Gasteiger partial charge on any atom is 0.352 e. The van der Waals surface area contributed by atoms with E-state index in [1.165, 1.54) is 46.9 Å². The van der Waals surface area contributed by atoms with Crippen molar-refractivity contribution in [3.63, 3.8) is 0 Å². The van der Waals surface area contributed by atoms with E-state index in [0.29, 0.717) is 17.1 Å². The van der Waals surface area contributed by atoms with Gasteiger partial charge in [0.1, 0.15) is 34.9 Å². The number of oxime groups is 1. The molecule has 1 fully saturated rings. The van der Waals surface area contributed by atoms with Crippen LogP contribution in [-0.4, -0.2) is 78.7 Å². The van der Waals surface area contributed by atoms with Gasteiger partial charge in [-0.05, 0) is 12.5 Å². The molecule has 0 saturated carbocycles. The van der Waals surface area contributed by atoms with Crippen molar-refractivity contribution < 1.29 is 24.3 Å². The van der Waals surface area contributed by atoms with Gasteiger partial charge in [-0.25, -0.2) is 9.78 Å². The summed E-state index contributed by atoms with van der Waals surface area (Å²) in [5.74, 6) is -1.61. The Bertz CT molecular complexity index is 1180. The fraction of sp³-hybridized carbons (Fsp3) is 0.353. The number of hydrogen-bond donors (Lipinski definition) is 3. The number of hydrogen-bond acceptors (Lipinski definition) is 13. The van der Waals surface area contributed by atoms with E-state index in [0.717, 1.165) is 20.7 Å². The molecule has 0 aliphatic carbocycles. The van der Waals surface area contributed by atoms with Crippen LogP contribution in [0.1, 0.15) is 10.7 Å². The van der Waals surface area contributed by atoms with E-state index in [1.54, 1.807) is 5.38 Å². The van der Waals surface area contributed by atoms with Crippen molar-refractivity contribution >= 4 is 74.8 Å². The molecule has 4 N–H and O–H groups in total. The lowest BCUT2D eigenvalue weighted by Gasteiger charge is -2.49. The molecule has 2 aromatic heterocycles. The van der Waals surface area contributed by atoms with E-state index in [2.05, 4.69) is 25.7 Å². The number of aryl methyl sites for hydroxylation is 1. The average molecular weight is 528 g/mol. The van der Waals surface area contributed by atoms with E-state index >= 15 is 0 Å². The quantitative estimate of drug-likeness (QED) is 0.191. The smallest absolute Gasteiger partial charge is 0.352 e. The van der Waals surface area contributed by atoms with Gasteiger partial charge in [-0.2, -0.15) is 0 Å². The number of amides is 2. The molecule has 0 aromatic carbocycles. The van der Waals surface area contributed by atoms with Gasteiger partial charge in [0.05, 0.1) is 0 Å². The van der Waals surface area contributed by atoms with Crippen LogP contribution < -0.4 is 11.1 Å². The number of fused-ring (bicyclic) bond motifs is 1. The molecule has 2 amide bonds. The van der Waals surface area contributed by atoms with Gasteiger partial charge in [0.25, 0.3) is 11.8 Å². The van der Waals surface area contributed by atoms with E-state index in [1.807, 2.05) is 6.92 Å². The van der Waals surface area contributed by atoms with Crippen LogP contribution in [0, 0.1) is 6.92 Å². The number of nitrogens with two attached hydrogens (primary N) is 1. The minimum absolute atomic E-state index is 0.0546. The van der Waals surface area contributed by atoms with Gasteiger partial charge in [-0.3, -0.25) is 14.5 Å². The summed E-state index contributed by atoms with van der Waals surface area (Å²) in [6, 6.07) is -0.907. The lowest BCUT2D eigenvalue weighted by molar-refractivity contribution is -0.150. The normalized spacial score (nSPS) is 20.4. The zero-order valence-corrected chi connectivity index (χ0v) is 20.4. The summed E-state index contributed by atoms with van der Waals surface area (Å²) in [5.41, 5.74) is 6.27. The first kappa shape index (κ1) is 23.5. The minimum atomic E-state index is -1.19. The van der Waals surface area contributed by atoms with Gasteiger partial charge in [-0.1, -0.05) is 28.3 Å². The van der Waals surface area contributed by atoms with Crippen molar-refractivity contribution in [1.29, 1.82) is 0 Å². The number of aliphatic carboxylic acids is 1. The first-order valence-electron chi connectivity index (χ1n) is 9.26. The number of carboxylic acids is 1. The summed E-state index contributed by atoms with van der Waals surface area (Å²) in [6.07, 6.45) is 0. The number of nitrogens with one attached hydrogen (secondary N) is 1. The van der Waals surface area contributed by atoms with Crippen LogP contribution in [-0.2, 0) is 19.2 Å². The Hall–Kier alpha value is -2.69. The molecule has 0 bridgehead atoms. The van der Waals surface area contributed by atoms with E-state index in [-0.39, 0.29) is 22.2 Å². The van der Waals surface area contributed by atoms with Gasteiger partial charge in [0, 0.05) is 16.9 Å². The van der Waals surface area contributed by atoms with Crippen LogP contribution in [0.2, 0.25) is 0 Å². The number of β-lactam (4-membered cyclic amide) rings is 1. The number of carbonyl (C=O) groups excluding carboxylic acids is 2. The Kier molecular flexibility index (Phi) is 6.87. The van der Waals surface area contributed by atoms with Gasteiger partial charge in [0.15, 0.2) is 15.2 Å². The van der Waals surface area contributed by atoms with Gasteiger partial charge >= 0.3 is 5.97 Å². The summed E-state index contributed by atoms with van der Waals surface area (Å²) in [5, 5.41) is 26.2. The number of thiazole rings is 1. The Morgan fingerprint density at radius 2 is 2.24 bits per heavy atom. The highest BCUT2D eigenvalue weighted by atomic mass is 32.2. The number of rotatable bonds is 8. The molecule has 2 aromatic rings. The number of aromatic nitrogens is 3. The van der Waals surface area contributed by atoms with Gasteiger partial charge in [0.2, 0.25) is 0 Å². The standard InChI is InChI=1S/C17H17N7O5S4/c1-6-21-22-17(33-6)32-4-7-3-30-14-10(13(26)24(14)11(7)15(27)28)20-12(25)9(23-29-2)8-5-31-16(18)19-8/h5,10,14H,3-4H2,1-2H3,(H2,18,19)(H,20,25)(H,27,28). The zero-order chi connectivity index (χ0) is 23.7. The molecule has 33 heavy (non-hydrogen) atoms. The van der Waals surface area contributed by atoms with Crippen molar-refractivity contribution in [3.8, 4) is 0 Å². The summed E-state index contributed by atoms with van der Waals surface area (Å²) < 4.78 is 0.726. The third kappa shape index (κ3) is 4.68. The minimum Gasteiger partial charge on any atom is -0.477 e. The van der Waals surface area contributed by atoms with Crippen molar-refractivity contribution in [1.82, 2.24) is 25.4 Å². The Balaban J connectivity index is 1.49. The number of anilines is 1. The molecule has 16 heteroatoms. The SMILES string of the molecule is CON=C(C(=O)NC1C(=O)N2C(C(=O)O)=C(CSc3nnc(C)s3)CSC12)c1csc(N)n1. The summed E-state index contributed by atoms with van der Waals surface area (Å²) in [6.45, 7) is 1.84. The van der Waals surface area contributed by atoms with Crippen molar-refractivity contribution in [2.75, 3.05) is 24.3 Å². The second-order valence-corrected chi connectivity index (χ2v) is 11.1. The molecule has 2 aliphatic heterocycles. The van der Waals surface area contributed by atoms with Crippen molar-refractivity contribution in [3.05, 3.63) is 27.4 Å². The number of thioether (sulfide) groups is 2. The summed E-state index contributed by atoms with van der Waals surface area (Å²) >= 11 is 5.30. The summed E-state index contributed by atoms with van der Waals surface area (Å²) in [4.78, 5) is 47.6. The maximum atomic E-state index is 12.9. The number of nitrogen functional groups attached to an aromatic ring is 1. The second-order valence-electron chi connectivity index (χ2n) is 6.69. The zero-order valence-electron chi connectivity index (χ0n) is 17.2. The third-order valence-corrected chi connectivity index (χ3v) is 8.65. The highest BCUT2D eigenvalue weighted by molar-refractivity contribution is 8.01. The molecule has 174 valence electrons. The van der Waals surface area contributed by atoms with Crippen LogP contribution in [0.5, 0.6) is 0 Å². The van der Waals surface area contributed by atoms with E-state index < -0.39 is 29.2 Å².